The van der Waals surface area contributed by atoms with Crippen molar-refractivity contribution in [2.75, 3.05) is 17.2 Å². The fraction of sp³-hybridized carbons (Fsp3) is 0.128. The third-order valence-electron chi connectivity index (χ3n) is 7.59. The molecule has 0 aliphatic heterocycles. The monoisotopic (exact) mass is 734 g/mol. The highest BCUT2D eigenvalue weighted by Gasteiger charge is 2.25. The number of non-ortho nitro benzene ring substituents is 1. The lowest BCUT2D eigenvalue weighted by molar-refractivity contribution is -0.384. The quantitative estimate of drug-likeness (QED) is 0.0358. The second-order valence-corrected chi connectivity index (χ2v) is 13.7. The lowest BCUT2D eigenvalue weighted by Crippen LogP contribution is -2.30. The van der Waals surface area contributed by atoms with Gasteiger partial charge < -0.3 is 20.7 Å². The predicted molar refractivity (Wildman–Crippen MR) is 204 cm³/mol. The average molecular weight is 735 g/mol. The summed E-state index contributed by atoms with van der Waals surface area (Å²) in [5.41, 5.74) is 3.85. The molecule has 13 heteroatoms. The maximum Gasteiger partial charge on any atom is 0.341 e. The van der Waals surface area contributed by atoms with E-state index in [1.807, 2.05) is 36.6 Å². The van der Waals surface area contributed by atoms with E-state index in [4.69, 9.17) is 4.74 Å². The van der Waals surface area contributed by atoms with E-state index in [-0.39, 0.29) is 23.9 Å². The second kappa shape index (κ2) is 17.2. The molecule has 5 rings (SSSR count). The maximum absolute atomic E-state index is 13.5. The van der Waals surface area contributed by atoms with E-state index < -0.39 is 28.0 Å². The van der Waals surface area contributed by atoms with Crippen LogP contribution in [0.5, 0.6) is 0 Å². The van der Waals surface area contributed by atoms with Gasteiger partial charge in [0.15, 0.2) is 0 Å². The van der Waals surface area contributed by atoms with Crippen molar-refractivity contribution >= 4 is 69.2 Å². The van der Waals surface area contributed by atoms with Crippen LogP contribution < -0.4 is 16.0 Å². The molecule has 4 aromatic carbocycles. The standard InChI is InChI=1S/C39H34N4O7S2/c1-4-50-39(47)34-32(27-17-13-24(2)14-18-27)23-51-38(34)42-35(44)25(3)52-31-12-8-11-29(22-31)40-37(46)33(41-36(45)28-9-6-5-7-10-28)21-26-15-19-30(20-16-26)43(48)49/h5-23,25H,4H2,1-3H3,(H,40,46)(H,41,45)(H,42,44)/b33-21+. The number of benzene rings is 4. The third kappa shape index (κ3) is 9.59. The first-order valence-electron chi connectivity index (χ1n) is 16.1. The van der Waals surface area contributed by atoms with Crippen molar-refractivity contribution in [3.05, 3.63) is 147 Å². The molecule has 1 atom stereocenters. The molecule has 0 bridgehead atoms. The highest BCUT2D eigenvalue weighted by molar-refractivity contribution is 8.00. The summed E-state index contributed by atoms with van der Waals surface area (Å²) in [7, 11) is 0. The Balaban J connectivity index is 1.31. The summed E-state index contributed by atoms with van der Waals surface area (Å²) in [4.78, 5) is 64.2. The zero-order valence-corrected chi connectivity index (χ0v) is 30.0. The van der Waals surface area contributed by atoms with Gasteiger partial charge >= 0.3 is 5.97 Å². The van der Waals surface area contributed by atoms with E-state index in [9.17, 15) is 29.3 Å². The number of nitro groups is 1. The maximum atomic E-state index is 13.5. The van der Waals surface area contributed by atoms with Crippen LogP contribution in [0.15, 0.2) is 119 Å². The van der Waals surface area contributed by atoms with E-state index in [0.29, 0.717) is 37.8 Å². The van der Waals surface area contributed by atoms with E-state index in [1.54, 1.807) is 68.4 Å². The molecule has 0 spiro atoms. The second-order valence-electron chi connectivity index (χ2n) is 11.4. The topological polar surface area (TPSA) is 157 Å². The van der Waals surface area contributed by atoms with Gasteiger partial charge in [0, 0.05) is 39.2 Å². The number of nitro benzene ring substituents is 1. The summed E-state index contributed by atoms with van der Waals surface area (Å²) in [5.74, 6) is -2.01. The van der Waals surface area contributed by atoms with E-state index >= 15 is 0 Å². The highest BCUT2D eigenvalue weighted by Crippen LogP contribution is 2.37. The van der Waals surface area contributed by atoms with Crippen molar-refractivity contribution in [2.45, 2.75) is 30.9 Å². The van der Waals surface area contributed by atoms with Crippen LogP contribution in [0, 0.1) is 17.0 Å². The Morgan fingerprint density at radius 1 is 0.923 bits per heavy atom. The zero-order chi connectivity index (χ0) is 37.2. The molecule has 11 nitrogen and oxygen atoms in total. The molecule has 0 radical (unpaired) electrons. The normalized spacial score (nSPS) is 11.6. The van der Waals surface area contributed by atoms with Gasteiger partial charge in [0.2, 0.25) is 5.91 Å². The molecule has 5 aromatic rings. The Morgan fingerprint density at radius 2 is 1.63 bits per heavy atom. The number of anilines is 2. The first-order chi connectivity index (χ1) is 25.0. The van der Waals surface area contributed by atoms with Gasteiger partial charge in [0.1, 0.15) is 16.3 Å². The number of esters is 1. The molecule has 1 aromatic heterocycles. The van der Waals surface area contributed by atoms with Crippen LogP contribution in [-0.4, -0.2) is 40.5 Å². The Bertz CT molecular complexity index is 2130. The van der Waals surface area contributed by atoms with Gasteiger partial charge in [0.05, 0.1) is 16.8 Å². The van der Waals surface area contributed by atoms with Crippen LogP contribution >= 0.6 is 23.1 Å². The van der Waals surface area contributed by atoms with E-state index in [0.717, 1.165) is 11.1 Å². The fourth-order valence-electron chi connectivity index (χ4n) is 4.92. The smallest absolute Gasteiger partial charge is 0.341 e. The minimum atomic E-state index is -0.635. The number of hydrogen-bond donors (Lipinski definition) is 3. The largest absolute Gasteiger partial charge is 0.462 e. The molecule has 1 heterocycles. The van der Waals surface area contributed by atoms with Crippen LogP contribution in [-0.2, 0) is 14.3 Å². The van der Waals surface area contributed by atoms with E-state index in [1.165, 1.54) is 53.4 Å². The lowest BCUT2D eigenvalue weighted by atomic mass is 10.0. The summed E-state index contributed by atoms with van der Waals surface area (Å²) >= 11 is 2.49. The summed E-state index contributed by atoms with van der Waals surface area (Å²) in [6.07, 6.45) is 1.42. The summed E-state index contributed by atoms with van der Waals surface area (Å²) in [5, 5.41) is 21.1. The van der Waals surface area contributed by atoms with Crippen molar-refractivity contribution in [2.24, 2.45) is 0 Å². The van der Waals surface area contributed by atoms with Gasteiger partial charge in [-0.3, -0.25) is 24.5 Å². The van der Waals surface area contributed by atoms with Crippen LogP contribution in [0.3, 0.4) is 0 Å². The van der Waals surface area contributed by atoms with Gasteiger partial charge in [-0.25, -0.2) is 4.79 Å². The molecule has 0 saturated carbocycles. The fourth-order valence-corrected chi connectivity index (χ4v) is 6.81. The van der Waals surface area contributed by atoms with E-state index in [2.05, 4.69) is 16.0 Å². The SMILES string of the molecule is CCOC(=O)c1c(-c2ccc(C)cc2)csc1NC(=O)C(C)Sc1cccc(NC(=O)/C(=C\c2ccc([N+](=O)[O-])cc2)NC(=O)c2ccccc2)c1. The first-order valence-corrected chi connectivity index (χ1v) is 17.9. The first kappa shape index (κ1) is 37.2. The molecular weight excluding hydrogens is 701 g/mol. The zero-order valence-electron chi connectivity index (χ0n) is 28.4. The van der Waals surface area contributed by atoms with Crippen LogP contribution in [0.1, 0.15) is 45.7 Å². The van der Waals surface area contributed by atoms with Crippen molar-refractivity contribution < 1.29 is 28.8 Å². The van der Waals surface area contributed by atoms with Crippen molar-refractivity contribution in [1.82, 2.24) is 5.32 Å². The number of nitrogens with one attached hydrogen (secondary N) is 3. The number of nitrogens with zero attached hydrogens (tertiary/aromatic N) is 1. The number of aryl methyl sites for hydroxylation is 1. The van der Waals surface area contributed by atoms with Crippen molar-refractivity contribution in [3.8, 4) is 11.1 Å². The Labute approximate surface area is 308 Å². The molecule has 52 heavy (non-hydrogen) atoms. The molecule has 0 saturated heterocycles. The Hall–Kier alpha value is -6.05. The molecule has 0 fully saturated rings. The number of rotatable bonds is 13. The molecule has 3 N–H and O–H groups in total. The average Bonchev–Trinajstić information content (AvgIpc) is 3.55. The Kier molecular flexibility index (Phi) is 12.3. The number of carbonyl (C=O) groups is 4. The minimum Gasteiger partial charge on any atom is -0.462 e. The molecule has 3 amide bonds. The summed E-state index contributed by atoms with van der Waals surface area (Å²) in [6, 6.07) is 28.5. The van der Waals surface area contributed by atoms with Gasteiger partial charge in [-0.1, -0.05) is 54.1 Å². The van der Waals surface area contributed by atoms with Gasteiger partial charge in [-0.2, -0.15) is 0 Å². The van der Waals surface area contributed by atoms with Gasteiger partial charge in [0.25, 0.3) is 17.5 Å². The van der Waals surface area contributed by atoms with Crippen LogP contribution in [0.2, 0.25) is 0 Å². The molecular formula is C39H34N4O7S2. The molecule has 1 unspecified atom stereocenters. The molecule has 264 valence electrons. The number of carbonyl (C=O) groups excluding carboxylic acids is 4. The summed E-state index contributed by atoms with van der Waals surface area (Å²) < 4.78 is 5.33. The molecule has 0 aliphatic carbocycles. The number of thioether (sulfide) groups is 1. The van der Waals surface area contributed by atoms with Gasteiger partial charge in [-0.15, -0.1) is 23.1 Å². The highest BCUT2D eigenvalue weighted by atomic mass is 32.2. The number of hydrogen-bond acceptors (Lipinski definition) is 9. The number of amides is 3. The third-order valence-corrected chi connectivity index (χ3v) is 9.58. The van der Waals surface area contributed by atoms with Crippen molar-refractivity contribution in [1.29, 1.82) is 0 Å². The van der Waals surface area contributed by atoms with Crippen LogP contribution in [0.4, 0.5) is 16.4 Å². The number of thiophene rings is 1. The van der Waals surface area contributed by atoms with Gasteiger partial charge in [-0.05, 0) is 80.4 Å². The minimum absolute atomic E-state index is 0.0909. The number of ether oxygens (including phenoxy) is 1. The Morgan fingerprint density at radius 3 is 2.31 bits per heavy atom. The molecule has 0 aliphatic rings. The van der Waals surface area contributed by atoms with Crippen LogP contribution in [0.25, 0.3) is 17.2 Å². The lowest BCUT2D eigenvalue weighted by Gasteiger charge is -2.14. The predicted octanol–water partition coefficient (Wildman–Crippen LogP) is 8.34. The summed E-state index contributed by atoms with van der Waals surface area (Å²) in [6.45, 7) is 5.61. The van der Waals surface area contributed by atoms with Crippen molar-refractivity contribution in [3.63, 3.8) is 0 Å².